The first-order valence-corrected chi connectivity index (χ1v) is 10.6. The van der Waals surface area contributed by atoms with Gasteiger partial charge in [0, 0.05) is 48.0 Å². The molecule has 0 aliphatic carbocycles. The van der Waals surface area contributed by atoms with Crippen LogP contribution in [0.4, 0.5) is 0 Å². The second kappa shape index (κ2) is 7.73. The summed E-state index contributed by atoms with van der Waals surface area (Å²) in [5.74, 6) is 1.01. The fraction of sp³-hybridized carbons (Fsp3) is 0.600. The van der Waals surface area contributed by atoms with E-state index in [1.807, 2.05) is 19.2 Å². The van der Waals surface area contributed by atoms with Crippen LogP contribution in [0.5, 0.6) is 0 Å². The van der Waals surface area contributed by atoms with Crippen molar-refractivity contribution in [1.29, 1.82) is 0 Å². The summed E-state index contributed by atoms with van der Waals surface area (Å²) in [7, 11) is 2.12. The summed E-state index contributed by atoms with van der Waals surface area (Å²) in [5.41, 5.74) is 4.30. The van der Waals surface area contributed by atoms with Crippen molar-refractivity contribution >= 4 is 17.2 Å². The van der Waals surface area contributed by atoms with E-state index < -0.39 is 0 Å². The average Bonchev–Trinajstić information content (AvgIpc) is 3.20. The van der Waals surface area contributed by atoms with E-state index in [0.717, 1.165) is 69.0 Å². The van der Waals surface area contributed by atoms with Crippen molar-refractivity contribution < 1.29 is 9.32 Å². The van der Waals surface area contributed by atoms with Gasteiger partial charge < -0.3 is 14.7 Å². The van der Waals surface area contributed by atoms with Crippen molar-refractivity contribution in [2.75, 3.05) is 26.7 Å². The van der Waals surface area contributed by atoms with Crippen LogP contribution in [-0.2, 0) is 19.5 Å². The molecule has 2 aromatic heterocycles. The van der Waals surface area contributed by atoms with Gasteiger partial charge in [-0.05, 0) is 52.3 Å². The average molecular weight is 389 g/mol. The molecule has 0 radical (unpaired) electrons. The van der Waals surface area contributed by atoms with Gasteiger partial charge in [0.1, 0.15) is 5.76 Å². The third-order valence-electron chi connectivity index (χ3n) is 5.79. The summed E-state index contributed by atoms with van der Waals surface area (Å²) in [6, 6.07) is 0.270. The van der Waals surface area contributed by atoms with E-state index in [0.29, 0.717) is 0 Å². The summed E-state index contributed by atoms with van der Waals surface area (Å²) in [6.07, 6.45) is 3.16. The number of nitrogens with zero attached hydrogens (tertiary/aromatic N) is 3. The zero-order valence-corrected chi connectivity index (χ0v) is 17.2. The zero-order valence-electron chi connectivity index (χ0n) is 16.4. The minimum absolute atomic E-state index is 0.104. The number of aromatic nitrogens is 1. The highest BCUT2D eigenvalue weighted by Gasteiger charge is 2.27. The fourth-order valence-corrected chi connectivity index (χ4v) is 5.33. The number of aryl methyl sites for hydroxylation is 2. The maximum absolute atomic E-state index is 12.8. The maximum Gasteiger partial charge on any atom is 0.252 e. The van der Waals surface area contributed by atoms with Crippen LogP contribution in [0.1, 0.15) is 50.7 Å². The molecule has 146 valence electrons. The van der Waals surface area contributed by atoms with Crippen LogP contribution < -0.4 is 5.32 Å². The lowest BCUT2D eigenvalue weighted by Crippen LogP contribution is -2.46. The van der Waals surface area contributed by atoms with Crippen LogP contribution in [0.3, 0.4) is 0 Å². The highest BCUT2D eigenvalue weighted by molar-refractivity contribution is 7.10. The van der Waals surface area contributed by atoms with E-state index in [1.165, 1.54) is 16.0 Å². The van der Waals surface area contributed by atoms with Gasteiger partial charge in [-0.15, -0.1) is 11.3 Å². The third-order valence-corrected chi connectivity index (χ3v) is 6.81. The topological polar surface area (TPSA) is 61.6 Å². The van der Waals surface area contributed by atoms with Crippen molar-refractivity contribution in [1.82, 2.24) is 20.3 Å². The van der Waals surface area contributed by atoms with Crippen LogP contribution in [0.2, 0.25) is 0 Å². The Hall–Kier alpha value is -1.70. The van der Waals surface area contributed by atoms with Gasteiger partial charge in [-0.1, -0.05) is 5.16 Å². The molecule has 2 aliphatic heterocycles. The van der Waals surface area contributed by atoms with Gasteiger partial charge in [0.15, 0.2) is 0 Å². The lowest BCUT2D eigenvalue weighted by molar-refractivity contribution is 0.0911. The lowest BCUT2D eigenvalue weighted by atomic mass is 10.0. The number of carbonyl (C=O) groups excluding carboxylic acids is 1. The van der Waals surface area contributed by atoms with Gasteiger partial charge in [-0.2, -0.15) is 0 Å². The number of amides is 1. The van der Waals surface area contributed by atoms with Gasteiger partial charge in [-0.3, -0.25) is 9.69 Å². The number of hydrogen-bond acceptors (Lipinski definition) is 6. The summed E-state index contributed by atoms with van der Waals surface area (Å²) in [6.45, 7) is 8.75. The minimum atomic E-state index is 0.104. The van der Waals surface area contributed by atoms with E-state index in [2.05, 4.69) is 27.3 Å². The van der Waals surface area contributed by atoms with Gasteiger partial charge in [-0.25, -0.2) is 0 Å². The van der Waals surface area contributed by atoms with E-state index in [1.54, 1.807) is 11.3 Å². The smallest absolute Gasteiger partial charge is 0.252 e. The summed E-state index contributed by atoms with van der Waals surface area (Å²) < 4.78 is 5.29. The largest absolute Gasteiger partial charge is 0.361 e. The zero-order chi connectivity index (χ0) is 19.0. The Bertz CT molecular complexity index is 809. The first kappa shape index (κ1) is 18.7. The molecule has 0 spiro atoms. The number of carbonyl (C=O) groups is 1. The number of fused-ring (bicyclic) bond motifs is 1. The van der Waals surface area contributed by atoms with Crippen LogP contribution >= 0.6 is 11.3 Å². The number of rotatable bonds is 4. The van der Waals surface area contributed by atoms with Crippen LogP contribution in [0, 0.1) is 13.8 Å². The second-order valence-corrected chi connectivity index (χ2v) is 8.85. The first-order chi connectivity index (χ1) is 13.0. The Morgan fingerprint density at radius 2 is 2.26 bits per heavy atom. The highest BCUT2D eigenvalue weighted by Crippen LogP contribution is 2.30. The number of likely N-dealkylation sites (tertiary alicyclic amines) is 1. The molecule has 1 amide bonds. The molecule has 27 heavy (non-hydrogen) atoms. The summed E-state index contributed by atoms with van der Waals surface area (Å²) >= 11 is 1.72. The van der Waals surface area contributed by atoms with Crippen molar-refractivity contribution in [2.24, 2.45) is 0 Å². The second-order valence-electron chi connectivity index (χ2n) is 7.89. The van der Waals surface area contributed by atoms with E-state index in [4.69, 9.17) is 4.52 Å². The minimum Gasteiger partial charge on any atom is -0.361 e. The Kier molecular flexibility index (Phi) is 5.34. The van der Waals surface area contributed by atoms with E-state index >= 15 is 0 Å². The number of nitrogens with one attached hydrogen (secondary N) is 1. The molecule has 0 bridgehead atoms. The van der Waals surface area contributed by atoms with Crippen molar-refractivity contribution in [3.8, 4) is 0 Å². The van der Waals surface area contributed by atoms with Crippen LogP contribution in [-0.4, -0.2) is 53.6 Å². The number of hydrogen-bond donors (Lipinski definition) is 1. The molecule has 2 aromatic rings. The molecule has 0 saturated carbocycles. The predicted octanol–water partition coefficient (Wildman–Crippen LogP) is 2.74. The quantitative estimate of drug-likeness (QED) is 0.873. The first-order valence-electron chi connectivity index (χ1n) is 9.74. The molecule has 7 heteroatoms. The summed E-state index contributed by atoms with van der Waals surface area (Å²) in [5, 5.41) is 9.36. The Morgan fingerprint density at radius 1 is 1.41 bits per heavy atom. The molecule has 0 aromatic carbocycles. The van der Waals surface area contributed by atoms with Crippen molar-refractivity contribution in [3.05, 3.63) is 38.4 Å². The normalized spacial score (nSPS) is 21.2. The van der Waals surface area contributed by atoms with Crippen LogP contribution in [0.15, 0.2) is 9.90 Å². The molecule has 1 saturated heterocycles. The lowest BCUT2D eigenvalue weighted by Gasteiger charge is -2.30. The molecule has 6 nitrogen and oxygen atoms in total. The molecule has 1 fully saturated rings. The Morgan fingerprint density at radius 3 is 3.00 bits per heavy atom. The van der Waals surface area contributed by atoms with Gasteiger partial charge in [0.2, 0.25) is 0 Å². The summed E-state index contributed by atoms with van der Waals surface area (Å²) in [4.78, 5) is 18.9. The molecule has 1 N–H and O–H groups in total. The Balaban J connectivity index is 1.41. The van der Waals surface area contributed by atoms with E-state index in [9.17, 15) is 4.79 Å². The molecule has 4 heterocycles. The standard InChI is InChI=1S/C20H28N4O2S/c1-13-17(14(2)26-22-13)10-24-8-6-16-18(12-27-19(16)11-24)20(25)21-15-5-4-7-23(3)9-15/h12,15H,4-11H2,1-3H3,(H,21,25)/t15-/m0/s1. The molecular weight excluding hydrogens is 360 g/mol. The molecular formula is C20H28N4O2S. The fourth-order valence-electron chi connectivity index (χ4n) is 4.21. The predicted molar refractivity (Wildman–Crippen MR) is 106 cm³/mol. The van der Waals surface area contributed by atoms with E-state index in [-0.39, 0.29) is 11.9 Å². The monoisotopic (exact) mass is 388 g/mol. The molecule has 1 atom stereocenters. The number of thiophene rings is 1. The highest BCUT2D eigenvalue weighted by atomic mass is 32.1. The van der Waals surface area contributed by atoms with Crippen molar-refractivity contribution in [3.63, 3.8) is 0 Å². The molecule has 4 rings (SSSR count). The van der Waals surface area contributed by atoms with Crippen LogP contribution in [0.25, 0.3) is 0 Å². The number of piperidine rings is 1. The van der Waals surface area contributed by atoms with Gasteiger partial charge >= 0.3 is 0 Å². The molecule has 0 unspecified atom stereocenters. The van der Waals surface area contributed by atoms with Crippen molar-refractivity contribution in [2.45, 2.75) is 52.2 Å². The maximum atomic E-state index is 12.8. The third kappa shape index (κ3) is 3.95. The molecule has 2 aliphatic rings. The van der Waals surface area contributed by atoms with Gasteiger partial charge in [0.25, 0.3) is 5.91 Å². The van der Waals surface area contributed by atoms with Gasteiger partial charge in [0.05, 0.1) is 11.3 Å². The number of likely N-dealkylation sites (N-methyl/N-ethyl adjacent to an activating group) is 1. The SMILES string of the molecule is Cc1noc(C)c1CN1CCc2c(C(=O)N[C@H]3CCCN(C)C3)csc2C1. The Labute approximate surface area is 164 Å².